The smallest absolute Gasteiger partial charge is 0.229 e. The molecule has 0 unspecified atom stereocenters. The molecular weight excluding hydrogens is 368 g/mol. The molecule has 1 amide bonds. The number of morpholine rings is 1. The predicted octanol–water partition coefficient (Wildman–Crippen LogP) is 3.01. The first-order chi connectivity index (χ1) is 14.1. The van der Waals surface area contributed by atoms with Crippen LogP contribution < -0.4 is 0 Å². The van der Waals surface area contributed by atoms with Crippen molar-refractivity contribution in [2.45, 2.75) is 45.2 Å². The Bertz CT molecular complexity index is 799. The van der Waals surface area contributed by atoms with Crippen LogP contribution in [0.2, 0.25) is 0 Å². The van der Waals surface area contributed by atoms with E-state index in [2.05, 4.69) is 39.3 Å². The van der Waals surface area contributed by atoms with E-state index in [1.165, 1.54) is 5.56 Å². The van der Waals surface area contributed by atoms with Gasteiger partial charge in [-0.2, -0.15) is 4.98 Å². The molecule has 0 N–H and O–H groups in total. The highest BCUT2D eigenvalue weighted by atomic mass is 16.5. The maximum atomic E-state index is 13.3. The van der Waals surface area contributed by atoms with Gasteiger partial charge in [0.1, 0.15) is 6.04 Å². The standard InChI is InChI=1S/C22H30N4O3/c1-16(2)21-23-20(24-29-21)19-15-28-13-12-26(19)22(27)18-8-10-25(11-9-18)14-17-6-4-3-5-7-17/h3-7,16,18-19H,8-15H2,1-2H3/t19-/m0/s1. The number of ether oxygens (including phenoxy) is 1. The van der Waals surface area contributed by atoms with E-state index in [1.54, 1.807) is 0 Å². The lowest BCUT2D eigenvalue weighted by Crippen LogP contribution is -2.48. The summed E-state index contributed by atoms with van der Waals surface area (Å²) in [7, 11) is 0. The van der Waals surface area contributed by atoms with E-state index in [4.69, 9.17) is 9.26 Å². The van der Waals surface area contributed by atoms with Crippen molar-refractivity contribution in [1.29, 1.82) is 0 Å². The largest absolute Gasteiger partial charge is 0.377 e. The van der Waals surface area contributed by atoms with Crippen LogP contribution in [0.3, 0.4) is 0 Å². The van der Waals surface area contributed by atoms with Crippen LogP contribution in [0, 0.1) is 5.92 Å². The maximum absolute atomic E-state index is 13.3. The average molecular weight is 399 g/mol. The van der Waals surface area contributed by atoms with Gasteiger partial charge < -0.3 is 14.2 Å². The van der Waals surface area contributed by atoms with Gasteiger partial charge in [0, 0.05) is 24.9 Å². The summed E-state index contributed by atoms with van der Waals surface area (Å²) >= 11 is 0. The number of piperidine rings is 1. The molecule has 4 rings (SSSR count). The summed E-state index contributed by atoms with van der Waals surface area (Å²) in [6, 6.07) is 10.3. The molecule has 1 aromatic heterocycles. The van der Waals surface area contributed by atoms with Crippen LogP contribution in [-0.2, 0) is 16.1 Å². The number of carbonyl (C=O) groups excluding carboxylic acids is 1. The quantitative estimate of drug-likeness (QED) is 0.771. The van der Waals surface area contributed by atoms with Gasteiger partial charge in [-0.25, -0.2) is 0 Å². The number of carbonyl (C=O) groups is 1. The van der Waals surface area contributed by atoms with Gasteiger partial charge in [0.15, 0.2) is 5.82 Å². The lowest BCUT2D eigenvalue weighted by atomic mass is 9.94. The van der Waals surface area contributed by atoms with E-state index >= 15 is 0 Å². The highest BCUT2D eigenvalue weighted by Crippen LogP contribution is 2.28. The van der Waals surface area contributed by atoms with Crippen molar-refractivity contribution in [1.82, 2.24) is 19.9 Å². The monoisotopic (exact) mass is 398 g/mol. The normalized spacial score (nSPS) is 21.6. The number of hydrogen-bond donors (Lipinski definition) is 0. The maximum Gasteiger partial charge on any atom is 0.229 e. The Morgan fingerprint density at radius 2 is 1.93 bits per heavy atom. The lowest BCUT2D eigenvalue weighted by Gasteiger charge is -2.38. The van der Waals surface area contributed by atoms with Crippen LogP contribution in [0.1, 0.15) is 55.9 Å². The van der Waals surface area contributed by atoms with Crippen molar-refractivity contribution < 1.29 is 14.1 Å². The van der Waals surface area contributed by atoms with Gasteiger partial charge in [0.05, 0.1) is 13.2 Å². The molecule has 3 heterocycles. The molecule has 2 aliphatic heterocycles. The van der Waals surface area contributed by atoms with E-state index in [9.17, 15) is 4.79 Å². The predicted molar refractivity (Wildman–Crippen MR) is 108 cm³/mol. The molecule has 7 heteroatoms. The third-order valence-electron chi connectivity index (χ3n) is 5.85. The van der Waals surface area contributed by atoms with Gasteiger partial charge in [-0.3, -0.25) is 9.69 Å². The van der Waals surface area contributed by atoms with Crippen LogP contribution in [-0.4, -0.2) is 58.7 Å². The second-order valence-corrected chi connectivity index (χ2v) is 8.30. The fraction of sp³-hybridized carbons (Fsp3) is 0.591. The minimum atomic E-state index is -0.255. The fourth-order valence-corrected chi connectivity index (χ4v) is 4.11. The summed E-state index contributed by atoms with van der Waals surface area (Å²) in [5, 5.41) is 4.13. The summed E-state index contributed by atoms with van der Waals surface area (Å²) in [5.41, 5.74) is 1.32. The van der Waals surface area contributed by atoms with Gasteiger partial charge in [-0.1, -0.05) is 49.3 Å². The minimum absolute atomic E-state index is 0.0547. The number of likely N-dealkylation sites (tertiary alicyclic amines) is 1. The molecule has 1 atom stereocenters. The number of amides is 1. The fourth-order valence-electron chi connectivity index (χ4n) is 4.11. The van der Waals surface area contributed by atoms with Gasteiger partial charge in [0.25, 0.3) is 0 Å². The van der Waals surface area contributed by atoms with Crippen molar-refractivity contribution >= 4 is 5.91 Å². The summed E-state index contributed by atoms with van der Waals surface area (Å²) in [6.45, 7) is 8.43. The van der Waals surface area contributed by atoms with Gasteiger partial charge in [0.2, 0.25) is 11.8 Å². The van der Waals surface area contributed by atoms with Crippen molar-refractivity contribution in [2.24, 2.45) is 5.92 Å². The van der Waals surface area contributed by atoms with Gasteiger partial charge in [-0.05, 0) is 31.5 Å². The molecule has 7 nitrogen and oxygen atoms in total. The molecule has 2 aromatic rings. The lowest BCUT2D eigenvalue weighted by molar-refractivity contribution is -0.146. The molecule has 0 saturated carbocycles. The van der Waals surface area contributed by atoms with E-state index in [0.717, 1.165) is 32.5 Å². The topological polar surface area (TPSA) is 71.7 Å². The Morgan fingerprint density at radius 1 is 1.17 bits per heavy atom. The van der Waals surface area contributed by atoms with Crippen molar-refractivity contribution in [3.05, 3.63) is 47.6 Å². The molecular formula is C22H30N4O3. The van der Waals surface area contributed by atoms with E-state index in [1.807, 2.05) is 24.8 Å². The number of rotatable bonds is 5. The summed E-state index contributed by atoms with van der Waals surface area (Å²) in [5.74, 6) is 1.59. The molecule has 1 aromatic carbocycles. The summed E-state index contributed by atoms with van der Waals surface area (Å²) < 4.78 is 11.0. The third-order valence-corrected chi connectivity index (χ3v) is 5.85. The molecule has 156 valence electrons. The number of aromatic nitrogens is 2. The first-order valence-corrected chi connectivity index (χ1v) is 10.6. The van der Waals surface area contributed by atoms with E-state index in [0.29, 0.717) is 31.5 Å². The molecule has 2 aliphatic rings. The summed E-state index contributed by atoms with van der Waals surface area (Å²) in [4.78, 5) is 22.2. The Labute approximate surface area is 172 Å². The van der Waals surface area contributed by atoms with Crippen LogP contribution in [0.25, 0.3) is 0 Å². The highest BCUT2D eigenvalue weighted by molar-refractivity contribution is 5.79. The first-order valence-electron chi connectivity index (χ1n) is 10.6. The zero-order valence-electron chi connectivity index (χ0n) is 17.3. The highest BCUT2D eigenvalue weighted by Gasteiger charge is 2.36. The molecule has 0 spiro atoms. The zero-order valence-corrected chi connectivity index (χ0v) is 17.3. The zero-order chi connectivity index (χ0) is 20.2. The third kappa shape index (κ3) is 4.67. The Balaban J connectivity index is 1.37. The number of hydrogen-bond acceptors (Lipinski definition) is 6. The molecule has 2 saturated heterocycles. The average Bonchev–Trinajstić information content (AvgIpc) is 3.25. The Morgan fingerprint density at radius 3 is 2.62 bits per heavy atom. The Hall–Kier alpha value is -2.25. The van der Waals surface area contributed by atoms with Crippen LogP contribution in [0.4, 0.5) is 0 Å². The van der Waals surface area contributed by atoms with Crippen molar-refractivity contribution in [3.8, 4) is 0 Å². The Kier molecular flexibility index (Phi) is 6.25. The molecule has 0 aliphatic carbocycles. The summed E-state index contributed by atoms with van der Waals surface area (Å²) in [6.07, 6.45) is 1.78. The van der Waals surface area contributed by atoms with E-state index in [-0.39, 0.29) is 23.8 Å². The number of benzene rings is 1. The minimum Gasteiger partial charge on any atom is -0.377 e. The SMILES string of the molecule is CC(C)c1nc([C@@H]2COCCN2C(=O)C2CCN(Cc3ccccc3)CC2)no1. The van der Waals surface area contributed by atoms with Gasteiger partial charge in [-0.15, -0.1) is 0 Å². The molecule has 0 radical (unpaired) electrons. The van der Waals surface area contributed by atoms with Crippen LogP contribution in [0.5, 0.6) is 0 Å². The second-order valence-electron chi connectivity index (χ2n) is 8.30. The van der Waals surface area contributed by atoms with Crippen LogP contribution in [0.15, 0.2) is 34.9 Å². The van der Waals surface area contributed by atoms with E-state index < -0.39 is 0 Å². The first kappa shape index (κ1) is 20.0. The molecule has 2 fully saturated rings. The van der Waals surface area contributed by atoms with Crippen molar-refractivity contribution in [2.75, 3.05) is 32.8 Å². The van der Waals surface area contributed by atoms with Gasteiger partial charge >= 0.3 is 0 Å². The van der Waals surface area contributed by atoms with Crippen LogP contribution >= 0.6 is 0 Å². The second kappa shape index (κ2) is 9.05. The number of nitrogens with zero attached hydrogens (tertiary/aromatic N) is 4. The molecule has 29 heavy (non-hydrogen) atoms. The molecule has 0 bridgehead atoms. The van der Waals surface area contributed by atoms with Crippen molar-refractivity contribution in [3.63, 3.8) is 0 Å².